The van der Waals surface area contributed by atoms with Crippen LogP contribution in [0.25, 0.3) is 10.2 Å². The number of carbonyl (C=O) groups is 1. The van der Waals surface area contributed by atoms with Gasteiger partial charge in [0.05, 0.1) is 15.2 Å². The molecule has 3 rings (SSSR count). The van der Waals surface area contributed by atoms with Gasteiger partial charge in [-0.25, -0.2) is 4.98 Å². The van der Waals surface area contributed by atoms with E-state index in [1.165, 1.54) is 11.3 Å². The van der Waals surface area contributed by atoms with E-state index in [0.29, 0.717) is 15.7 Å². The van der Waals surface area contributed by atoms with E-state index < -0.39 is 0 Å². The van der Waals surface area contributed by atoms with Crippen LogP contribution >= 0.6 is 22.9 Å². The molecule has 0 fully saturated rings. The zero-order chi connectivity index (χ0) is 15.9. The lowest BCUT2D eigenvalue weighted by atomic mass is 10.1. The van der Waals surface area contributed by atoms with Crippen LogP contribution in [0.5, 0.6) is 0 Å². The van der Waals surface area contributed by atoms with Crippen molar-refractivity contribution in [3.05, 3.63) is 57.6 Å². The molecular weight excluding hydrogens is 316 g/mol. The molecule has 3 aromatic rings. The highest BCUT2D eigenvalue weighted by Crippen LogP contribution is 2.34. The second-order valence-corrected chi connectivity index (χ2v) is 6.74. The number of thiazole rings is 1. The van der Waals surface area contributed by atoms with Gasteiger partial charge in [0.2, 0.25) is 0 Å². The summed E-state index contributed by atoms with van der Waals surface area (Å²) in [6.45, 7) is 5.87. The van der Waals surface area contributed by atoms with Crippen LogP contribution in [0.3, 0.4) is 0 Å². The Morgan fingerprint density at radius 1 is 1.14 bits per heavy atom. The zero-order valence-corrected chi connectivity index (χ0v) is 14.1. The summed E-state index contributed by atoms with van der Waals surface area (Å²) in [5, 5.41) is 4.10. The van der Waals surface area contributed by atoms with E-state index in [1.807, 2.05) is 51.1 Å². The fraction of sp³-hybridized carbons (Fsp3) is 0.176. The summed E-state index contributed by atoms with van der Waals surface area (Å²) in [6, 6.07) is 9.61. The Kier molecular flexibility index (Phi) is 3.89. The van der Waals surface area contributed by atoms with Gasteiger partial charge in [0.15, 0.2) is 5.13 Å². The van der Waals surface area contributed by atoms with Crippen LogP contribution in [0.2, 0.25) is 5.02 Å². The van der Waals surface area contributed by atoms with Crippen molar-refractivity contribution in [2.24, 2.45) is 0 Å². The van der Waals surface area contributed by atoms with Gasteiger partial charge in [0, 0.05) is 5.56 Å². The molecule has 0 radical (unpaired) electrons. The lowest BCUT2D eigenvalue weighted by molar-refractivity contribution is 0.102. The van der Waals surface area contributed by atoms with Crippen LogP contribution in [-0.4, -0.2) is 10.9 Å². The van der Waals surface area contributed by atoms with Gasteiger partial charge in [-0.15, -0.1) is 0 Å². The van der Waals surface area contributed by atoms with Gasteiger partial charge in [-0.2, -0.15) is 0 Å². The lowest BCUT2D eigenvalue weighted by Gasteiger charge is -2.06. The van der Waals surface area contributed by atoms with Gasteiger partial charge >= 0.3 is 0 Å². The normalized spacial score (nSPS) is 10.9. The number of aromatic nitrogens is 1. The van der Waals surface area contributed by atoms with Crippen molar-refractivity contribution in [1.29, 1.82) is 0 Å². The van der Waals surface area contributed by atoms with E-state index >= 15 is 0 Å². The molecule has 0 unspecified atom stereocenters. The average Bonchev–Trinajstić information content (AvgIpc) is 2.90. The van der Waals surface area contributed by atoms with Crippen molar-refractivity contribution in [2.45, 2.75) is 20.8 Å². The van der Waals surface area contributed by atoms with E-state index in [1.54, 1.807) is 0 Å². The Morgan fingerprint density at radius 3 is 2.59 bits per heavy atom. The molecule has 1 N–H and O–H groups in total. The van der Waals surface area contributed by atoms with Crippen LogP contribution in [0, 0.1) is 20.8 Å². The Bertz CT molecular complexity index is 847. The number of halogens is 1. The van der Waals surface area contributed by atoms with Crippen LogP contribution in [0.4, 0.5) is 5.13 Å². The number of hydrogen-bond acceptors (Lipinski definition) is 3. The molecule has 0 spiro atoms. The number of anilines is 1. The first-order valence-electron chi connectivity index (χ1n) is 6.90. The monoisotopic (exact) mass is 330 g/mol. The SMILES string of the molecule is Cc1ccc(C)c(C(=O)Nc2nc3c(C)ccc(Cl)c3s2)c1. The van der Waals surface area contributed by atoms with Gasteiger partial charge in [-0.3, -0.25) is 10.1 Å². The van der Waals surface area contributed by atoms with E-state index in [9.17, 15) is 4.79 Å². The van der Waals surface area contributed by atoms with Gasteiger partial charge < -0.3 is 0 Å². The summed E-state index contributed by atoms with van der Waals surface area (Å²) in [4.78, 5) is 16.9. The van der Waals surface area contributed by atoms with Crippen molar-refractivity contribution in [2.75, 3.05) is 5.32 Å². The average molecular weight is 331 g/mol. The fourth-order valence-electron chi connectivity index (χ4n) is 2.30. The van der Waals surface area contributed by atoms with E-state index in [-0.39, 0.29) is 5.91 Å². The Labute approximate surface area is 138 Å². The summed E-state index contributed by atoms with van der Waals surface area (Å²) < 4.78 is 0.901. The minimum absolute atomic E-state index is 0.144. The lowest BCUT2D eigenvalue weighted by Crippen LogP contribution is -2.13. The second-order valence-electron chi connectivity index (χ2n) is 5.33. The molecule has 0 saturated heterocycles. The Balaban J connectivity index is 1.96. The standard InChI is InChI=1S/C17H15ClN2OS/c1-9-4-5-10(2)12(8-9)16(21)20-17-19-14-11(3)6-7-13(18)15(14)22-17/h4-8H,1-3H3,(H,19,20,21). The van der Waals surface area contributed by atoms with Crippen molar-refractivity contribution in [3.8, 4) is 0 Å². The second kappa shape index (κ2) is 5.71. The molecule has 0 aliphatic carbocycles. The van der Waals surface area contributed by atoms with Crippen LogP contribution in [0.15, 0.2) is 30.3 Å². The van der Waals surface area contributed by atoms with Crippen molar-refractivity contribution >= 4 is 44.2 Å². The molecule has 2 aromatic carbocycles. The maximum absolute atomic E-state index is 12.5. The molecule has 0 atom stereocenters. The van der Waals surface area contributed by atoms with Crippen LogP contribution < -0.4 is 5.32 Å². The Hall–Kier alpha value is -1.91. The number of hydrogen-bond donors (Lipinski definition) is 1. The Morgan fingerprint density at radius 2 is 1.86 bits per heavy atom. The molecule has 0 aliphatic heterocycles. The largest absolute Gasteiger partial charge is 0.298 e. The smallest absolute Gasteiger partial charge is 0.257 e. The maximum Gasteiger partial charge on any atom is 0.257 e. The molecule has 3 nitrogen and oxygen atoms in total. The minimum atomic E-state index is -0.144. The van der Waals surface area contributed by atoms with E-state index in [4.69, 9.17) is 11.6 Å². The fourth-order valence-corrected chi connectivity index (χ4v) is 3.51. The van der Waals surface area contributed by atoms with Gasteiger partial charge in [0.1, 0.15) is 0 Å². The molecule has 0 aliphatic rings. The highest BCUT2D eigenvalue weighted by molar-refractivity contribution is 7.23. The molecular formula is C17H15ClN2OS. The number of rotatable bonds is 2. The van der Waals surface area contributed by atoms with Gasteiger partial charge in [0.25, 0.3) is 5.91 Å². The predicted molar refractivity (Wildman–Crippen MR) is 93.2 cm³/mol. The summed E-state index contributed by atoms with van der Waals surface area (Å²) >= 11 is 7.60. The molecule has 1 aromatic heterocycles. The topological polar surface area (TPSA) is 42.0 Å². The van der Waals surface area contributed by atoms with Crippen LogP contribution in [-0.2, 0) is 0 Å². The maximum atomic E-state index is 12.5. The third-order valence-electron chi connectivity index (χ3n) is 3.56. The third kappa shape index (κ3) is 2.72. The number of aryl methyl sites for hydroxylation is 3. The van der Waals surface area contributed by atoms with Crippen LogP contribution in [0.1, 0.15) is 27.0 Å². The highest BCUT2D eigenvalue weighted by atomic mass is 35.5. The number of carbonyl (C=O) groups excluding carboxylic acids is 1. The zero-order valence-electron chi connectivity index (χ0n) is 12.5. The summed E-state index contributed by atoms with van der Waals surface area (Å²) in [5.74, 6) is -0.144. The number of nitrogens with zero attached hydrogens (tertiary/aromatic N) is 1. The van der Waals surface area contributed by atoms with Crippen molar-refractivity contribution in [3.63, 3.8) is 0 Å². The molecule has 0 bridgehead atoms. The van der Waals surface area contributed by atoms with E-state index in [2.05, 4.69) is 10.3 Å². The number of nitrogens with one attached hydrogen (secondary N) is 1. The first kappa shape index (κ1) is 15.0. The third-order valence-corrected chi connectivity index (χ3v) is 4.99. The predicted octanol–water partition coefficient (Wildman–Crippen LogP) is 5.13. The van der Waals surface area contributed by atoms with Gasteiger partial charge in [-0.05, 0) is 44.0 Å². The molecule has 112 valence electrons. The summed E-state index contributed by atoms with van der Waals surface area (Å²) in [7, 11) is 0. The molecule has 22 heavy (non-hydrogen) atoms. The molecule has 1 amide bonds. The molecule has 5 heteroatoms. The number of amides is 1. The summed E-state index contributed by atoms with van der Waals surface area (Å²) in [6.07, 6.45) is 0. The minimum Gasteiger partial charge on any atom is -0.298 e. The number of fused-ring (bicyclic) bond motifs is 1. The van der Waals surface area contributed by atoms with Crippen molar-refractivity contribution < 1.29 is 4.79 Å². The molecule has 0 saturated carbocycles. The van der Waals surface area contributed by atoms with Crippen molar-refractivity contribution in [1.82, 2.24) is 4.98 Å². The first-order chi connectivity index (χ1) is 10.5. The van der Waals surface area contributed by atoms with E-state index in [0.717, 1.165) is 26.9 Å². The van der Waals surface area contributed by atoms with Gasteiger partial charge in [-0.1, -0.05) is 46.7 Å². The summed E-state index contributed by atoms with van der Waals surface area (Å²) in [5.41, 5.74) is 4.55. The highest BCUT2D eigenvalue weighted by Gasteiger charge is 2.14. The number of benzene rings is 2. The quantitative estimate of drug-likeness (QED) is 0.708. The molecule has 1 heterocycles. The first-order valence-corrected chi connectivity index (χ1v) is 8.09.